The molecule has 1 heterocycles. The van der Waals surface area contributed by atoms with E-state index in [-0.39, 0.29) is 24.4 Å². The van der Waals surface area contributed by atoms with Gasteiger partial charge in [0.1, 0.15) is 5.60 Å². The number of nitrogens with zero attached hydrogens (tertiary/aromatic N) is 3. The van der Waals surface area contributed by atoms with E-state index in [1.807, 2.05) is 20.8 Å². The number of amides is 1. The van der Waals surface area contributed by atoms with Gasteiger partial charge in [-0.2, -0.15) is 0 Å². The van der Waals surface area contributed by atoms with Crippen molar-refractivity contribution in [3.8, 4) is 0 Å². The minimum Gasteiger partial charge on any atom is -0.444 e. The lowest BCUT2D eigenvalue weighted by Gasteiger charge is -2.39. The summed E-state index contributed by atoms with van der Waals surface area (Å²) >= 11 is 0. The Morgan fingerprint density at radius 3 is 2.24 bits per heavy atom. The van der Waals surface area contributed by atoms with E-state index in [4.69, 9.17) is 4.74 Å². The molecule has 25 heavy (non-hydrogen) atoms. The van der Waals surface area contributed by atoms with E-state index in [0.717, 1.165) is 5.56 Å². The number of carbonyl (C=O) groups is 1. The van der Waals surface area contributed by atoms with Crippen LogP contribution in [0.15, 0.2) is 24.3 Å². The van der Waals surface area contributed by atoms with Crippen LogP contribution in [-0.4, -0.2) is 64.3 Å². The zero-order valence-electron chi connectivity index (χ0n) is 14.8. The van der Waals surface area contributed by atoms with Gasteiger partial charge < -0.3 is 14.7 Å². The highest BCUT2D eigenvalue weighted by atomic mass is 16.6. The summed E-state index contributed by atoms with van der Waals surface area (Å²) in [6.07, 6.45) is -0.331. The van der Waals surface area contributed by atoms with Crippen molar-refractivity contribution in [2.75, 3.05) is 32.8 Å². The molecule has 8 nitrogen and oxygen atoms in total. The number of ether oxygens (including phenoxy) is 1. The molecule has 1 aliphatic heterocycles. The van der Waals surface area contributed by atoms with Crippen molar-refractivity contribution in [1.29, 1.82) is 0 Å². The Morgan fingerprint density at radius 1 is 1.24 bits per heavy atom. The summed E-state index contributed by atoms with van der Waals surface area (Å²) in [7, 11) is 0. The van der Waals surface area contributed by atoms with Crippen molar-refractivity contribution >= 4 is 11.8 Å². The number of rotatable bonds is 4. The van der Waals surface area contributed by atoms with Crippen LogP contribution in [0.2, 0.25) is 0 Å². The Kier molecular flexibility index (Phi) is 5.97. The number of piperazine rings is 1. The Labute approximate surface area is 147 Å². The van der Waals surface area contributed by atoms with E-state index >= 15 is 0 Å². The van der Waals surface area contributed by atoms with Gasteiger partial charge in [-0.3, -0.25) is 15.0 Å². The SMILES string of the molecule is CC(C)(C)OC(=O)N1CCN(C(CO)c2ccc([N+](=O)[O-])cc2)CC1. The van der Waals surface area contributed by atoms with Crippen LogP contribution >= 0.6 is 0 Å². The summed E-state index contributed by atoms with van der Waals surface area (Å²) < 4.78 is 5.37. The highest BCUT2D eigenvalue weighted by Crippen LogP contribution is 2.24. The van der Waals surface area contributed by atoms with Gasteiger partial charge in [-0.15, -0.1) is 0 Å². The smallest absolute Gasteiger partial charge is 0.410 e. The quantitative estimate of drug-likeness (QED) is 0.660. The Hall–Kier alpha value is -2.19. The molecule has 138 valence electrons. The number of aliphatic hydroxyl groups excluding tert-OH is 1. The van der Waals surface area contributed by atoms with Crippen LogP contribution in [0.25, 0.3) is 0 Å². The average Bonchev–Trinajstić information content (AvgIpc) is 2.55. The average molecular weight is 351 g/mol. The molecule has 1 aliphatic rings. The number of non-ortho nitro benzene ring substituents is 1. The van der Waals surface area contributed by atoms with Crippen molar-refractivity contribution in [2.45, 2.75) is 32.4 Å². The summed E-state index contributed by atoms with van der Waals surface area (Å²) in [5.41, 5.74) is 0.314. The molecule has 1 N–H and O–H groups in total. The summed E-state index contributed by atoms with van der Waals surface area (Å²) in [6, 6.07) is 5.96. The topological polar surface area (TPSA) is 96.2 Å². The molecule has 0 saturated carbocycles. The molecule has 1 amide bonds. The number of hydrogen-bond donors (Lipinski definition) is 1. The van der Waals surface area contributed by atoms with Crippen molar-refractivity contribution in [3.63, 3.8) is 0 Å². The van der Waals surface area contributed by atoms with Crippen molar-refractivity contribution in [2.24, 2.45) is 0 Å². The second kappa shape index (κ2) is 7.79. The molecule has 1 saturated heterocycles. The van der Waals surface area contributed by atoms with Gasteiger partial charge in [0.15, 0.2) is 0 Å². The molecule has 0 spiro atoms. The zero-order valence-corrected chi connectivity index (χ0v) is 14.8. The molecule has 0 radical (unpaired) electrons. The molecule has 0 aromatic heterocycles. The molecule has 1 fully saturated rings. The summed E-state index contributed by atoms with van der Waals surface area (Å²) in [6.45, 7) is 7.62. The molecule has 1 aromatic rings. The van der Waals surface area contributed by atoms with Gasteiger partial charge in [-0.05, 0) is 26.3 Å². The zero-order chi connectivity index (χ0) is 18.6. The van der Waals surface area contributed by atoms with Crippen LogP contribution in [0.3, 0.4) is 0 Å². The van der Waals surface area contributed by atoms with Crippen LogP contribution in [0.5, 0.6) is 0 Å². The second-order valence-corrected chi connectivity index (χ2v) is 7.05. The first-order valence-electron chi connectivity index (χ1n) is 8.28. The minimum atomic E-state index is -0.527. The molecule has 0 bridgehead atoms. The molecule has 1 unspecified atom stereocenters. The van der Waals surface area contributed by atoms with Gasteiger partial charge in [0.25, 0.3) is 5.69 Å². The summed E-state index contributed by atoms with van der Waals surface area (Å²) in [4.78, 5) is 26.1. The fourth-order valence-electron chi connectivity index (χ4n) is 2.79. The number of benzene rings is 1. The largest absolute Gasteiger partial charge is 0.444 e. The third kappa shape index (κ3) is 5.14. The van der Waals surface area contributed by atoms with Crippen LogP contribution in [0.1, 0.15) is 32.4 Å². The lowest BCUT2D eigenvalue weighted by Crippen LogP contribution is -2.51. The van der Waals surface area contributed by atoms with Crippen molar-refractivity contribution in [3.05, 3.63) is 39.9 Å². The van der Waals surface area contributed by atoms with E-state index in [2.05, 4.69) is 4.90 Å². The van der Waals surface area contributed by atoms with Gasteiger partial charge in [0.05, 0.1) is 17.6 Å². The van der Waals surface area contributed by atoms with Crippen molar-refractivity contribution in [1.82, 2.24) is 9.80 Å². The van der Waals surface area contributed by atoms with Gasteiger partial charge in [0.2, 0.25) is 0 Å². The molecule has 8 heteroatoms. The molecular weight excluding hydrogens is 326 g/mol. The minimum absolute atomic E-state index is 0.0233. The fourth-order valence-corrected chi connectivity index (χ4v) is 2.79. The number of nitro groups is 1. The normalized spacial score (nSPS) is 17.2. The van der Waals surface area contributed by atoms with Crippen LogP contribution in [0, 0.1) is 10.1 Å². The molecule has 2 rings (SSSR count). The maximum absolute atomic E-state index is 12.1. The Balaban J connectivity index is 1.97. The van der Waals surface area contributed by atoms with E-state index in [9.17, 15) is 20.0 Å². The Bertz CT molecular complexity index is 604. The van der Waals surface area contributed by atoms with E-state index in [1.165, 1.54) is 12.1 Å². The fraction of sp³-hybridized carbons (Fsp3) is 0.588. The number of hydrogen-bond acceptors (Lipinski definition) is 6. The standard InChI is InChI=1S/C17H25N3O5/c1-17(2,3)25-16(22)19-10-8-18(9-11-19)15(12-21)13-4-6-14(7-5-13)20(23)24/h4-7,15,21H,8-12H2,1-3H3. The van der Waals surface area contributed by atoms with E-state index in [1.54, 1.807) is 17.0 Å². The first-order valence-corrected chi connectivity index (χ1v) is 8.28. The summed E-state index contributed by atoms with van der Waals surface area (Å²) in [5.74, 6) is 0. The number of nitro benzene ring substituents is 1. The van der Waals surface area contributed by atoms with Crippen molar-refractivity contribution < 1.29 is 19.6 Å². The maximum Gasteiger partial charge on any atom is 0.410 e. The molecule has 1 aromatic carbocycles. The van der Waals surface area contributed by atoms with Gasteiger partial charge >= 0.3 is 6.09 Å². The van der Waals surface area contributed by atoms with E-state index in [0.29, 0.717) is 26.2 Å². The Morgan fingerprint density at radius 2 is 1.80 bits per heavy atom. The number of carbonyl (C=O) groups excluding carboxylic acids is 1. The van der Waals surface area contributed by atoms with Gasteiger partial charge in [0, 0.05) is 38.3 Å². The van der Waals surface area contributed by atoms with Crippen LogP contribution < -0.4 is 0 Å². The van der Waals surface area contributed by atoms with Gasteiger partial charge in [-0.25, -0.2) is 4.79 Å². The molecule has 1 atom stereocenters. The molecular formula is C17H25N3O5. The third-order valence-corrected chi connectivity index (χ3v) is 4.07. The molecule has 0 aliphatic carbocycles. The third-order valence-electron chi connectivity index (χ3n) is 4.07. The number of aliphatic hydroxyl groups is 1. The lowest BCUT2D eigenvalue weighted by atomic mass is 10.0. The second-order valence-electron chi connectivity index (χ2n) is 7.05. The first kappa shape index (κ1) is 19.1. The monoisotopic (exact) mass is 351 g/mol. The van der Waals surface area contributed by atoms with E-state index < -0.39 is 10.5 Å². The maximum atomic E-state index is 12.1. The first-order chi connectivity index (χ1) is 11.7. The van der Waals surface area contributed by atoms with Gasteiger partial charge in [-0.1, -0.05) is 12.1 Å². The highest BCUT2D eigenvalue weighted by Gasteiger charge is 2.29. The highest BCUT2D eigenvalue weighted by molar-refractivity contribution is 5.68. The predicted molar refractivity (Wildman–Crippen MR) is 92.3 cm³/mol. The van der Waals surface area contributed by atoms with Crippen LogP contribution in [-0.2, 0) is 4.74 Å². The predicted octanol–water partition coefficient (Wildman–Crippen LogP) is 2.18. The van der Waals surface area contributed by atoms with Crippen LogP contribution in [0.4, 0.5) is 10.5 Å². The lowest BCUT2D eigenvalue weighted by molar-refractivity contribution is -0.384. The summed E-state index contributed by atoms with van der Waals surface area (Å²) in [5, 5.41) is 20.5.